The molecule has 0 saturated heterocycles. The molecule has 0 amide bonds. The first-order valence-electron chi connectivity index (χ1n) is 6.00. The van der Waals surface area contributed by atoms with Crippen LogP contribution in [0.15, 0.2) is 46.9 Å². The van der Waals surface area contributed by atoms with Gasteiger partial charge in [-0.1, -0.05) is 51.8 Å². The molecule has 0 spiro atoms. The Hall–Kier alpha value is -1.03. The highest BCUT2D eigenvalue weighted by Crippen LogP contribution is 2.26. The number of rotatable bonds is 5. The number of para-hydroxylation sites is 1. The predicted octanol–water partition coefficient (Wildman–Crippen LogP) is 4.40. The lowest BCUT2D eigenvalue weighted by atomic mass is 10.1. The molecular formula is C15H15BrClNO. The van der Waals surface area contributed by atoms with E-state index in [1.807, 2.05) is 31.3 Å². The Balaban J connectivity index is 2.06. The van der Waals surface area contributed by atoms with Crippen molar-refractivity contribution in [2.75, 3.05) is 7.05 Å². The lowest BCUT2D eigenvalue weighted by Gasteiger charge is -2.10. The van der Waals surface area contributed by atoms with E-state index in [1.165, 1.54) is 5.56 Å². The van der Waals surface area contributed by atoms with E-state index >= 15 is 0 Å². The van der Waals surface area contributed by atoms with Gasteiger partial charge in [-0.05, 0) is 30.8 Å². The number of benzene rings is 2. The highest BCUT2D eigenvalue weighted by molar-refractivity contribution is 9.10. The van der Waals surface area contributed by atoms with Crippen molar-refractivity contribution in [2.45, 2.75) is 13.2 Å². The van der Waals surface area contributed by atoms with Crippen LogP contribution in [0.3, 0.4) is 0 Å². The van der Waals surface area contributed by atoms with Gasteiger partial charge in [-0.25, -0.2) is 0 Å². The molecule has 1 N–H and O–H groups in total. The van der Waals surface area contributed by atoms with Gasteiger partial charge in [0.05, 0.1) is 5.02 Å². The monoisotopic (exact) mass is 339 g/mol. The average Bonchev–Trinajstić information content (AvgIpc) is 2.40. The summed E-state index contributed by atoms with van der Waals surface area (Å²) in [6, 6.07) is 13.7. The van der Waals surface area contributed by atoms with Crippen LogP contribution >= 0.6 is 27.5 Å². The maximum absolute atomic E-state index is 6.05. The third kappa shape index (κ3) is 3.96. The summed E-state index contributed by atoms with van der Waals surface area (Å²) in [7, 11) is 1.93. The molecular weight excluding hydrogens is 326 g/mol. The third-order valence-electron chi connectivity index (χ3n) is 2.72. The van der Waals surface area contributed by atoms with Crippen molar-refractivity contribution in [2.24, 2.45) is 0 Å². The van der Waals surface area contributed by atoms with Crippen LogP contribution in [-0.2, 0) is 13.2 Å². The van der Waals surface area contributed by atoms with Crippen LogP contribution in [0, 0.1) is 0 Å². The van der Waals surface area contributed by atoms with Gasteiger partial charge in [0.1, 0.15) is 12.4 Å². The highest BCUT2D eigenvalue weighted by atomic mass is 79.9. The van der Waals surface area contributed by atoms with E-state index in [2.05, 4.69) is 39.4 Å². The lowest BCUT2D eigenvalue weighted by Crippen LogP contribution is -2.05. The number of halogens is 2. The van der Waals surface area contributed by atoms with Crippen LogP contribution in [0.2, 0.25) is 5.02 Å². The second kappa shape index (κ2) is 6.94. The quantitative estimate of drug-likeness (QED) is 0.871. The van der Waals surface area contributed by atoms with Gasteiger partial charge in [0.25, 0.3) is 0 Å². The van der Waals surface area contributed by atoms with Crippen LogP contribution < -0.4 is 10.1 Å². The molecule has 0 fully saturated rings. The summed E-state index contributed by atoms with van der Waals surface area (Å²) < 4.78 is 6.77. The van der Waals surface area contributed by atoms with E-state index in [1.54, 1.807) is 0 Å². The van der Waals surface area contributed by atoms with Gasteiger partial charge >= 0.3 is 0 Å². The number of ether oxygens (including phenoxy) is 1. The zero-order valence-corrected chi connectivity index (χ0v) is 13.0. The minimum atomic E-state index is 0.490. The maximum atomic E-state index is 6.05. The van der Waals surface area contributed by atoms with E-state index < -0.39 is 0 Å². The van der Waals surface area contributed by atoms with Crippen LogP contribution in [0.25, 0.3) is 0 Å². The van der Waals surface area contributed by atoms with Gasteiger partial charge in [-0.3, -0.25) is 0 Å². The van der Waals surface area contributed by atoms with Gasteiger partial charge < -0.3 is 10.1 Å². The van der Waals surface area contributed by atoms with Crippen molar-refractivity contribution in [3.8, 4) is 5.75 Å². The van der Waals surface area contributed by atoms with Gasteiger partial charge in [-0.2, -0.15) is 0 Å². The molecule has 2 aromatic carbocycles. The van der Waals surface area contributed by atoms with Crippen molar-refractivity contribution in [3.05, 3.63) is 63.1 Å². The molecule has 0 aliphatic rings. The van der Waals surface area contributed by atoms with Crippen LogP contribution in [-0.4, -0.2) is 7.05 Å². The molecule has 0 atom stereocenters. The minimum absolute atomic E-state index is 0.490. The normalized spacial score (nSPS) is 10.5. The third-order valence-corrected chi connectivity index (χ3v) is 3.77. The van der Waals surface area contributed by atoms with E-state index in [0.29, 0.717) is 17.4 Å². The first kappa shape index (κ1) is 14.4. The number of hydrogen-bond donors (Lipinski definition) is 1. The Morgan fingerprint density at radius 3 is 2.68 bits per heavy atom. The average molecular weight is 341 g/mol. The summed E-state index contributed by atoms with van der Waals surface area (Å²) >= 11 is 9.62. The molecule has 0 unspecified atom stereocenters. The van der Waals surface area contributed by atoms with Crippen molar-refractivity contribution < 1.29 is 4.74 Å². The molecule has 0 aliphatic carbocycles. The standard InChI is InChI=1S/C15H15BrClNO/c1-18-9-11-6-7-12(13(16)8-11)10-19-15-5-3-2-4-14(15)17/h2-8,18H,9-10H2,1H3. The molecule has 0 saturated carbocycles. The summed E-state index contributed by atoms with van der Waals surface area (Å²) in [5.41, 5.74) is 2.33. The second-order valence-electron chi connectivity index (χ2n) is 4.18. The first-order chi connectivity index (χ1) is 9.20. The van der Waals surface area contributed by atoms with Gasteiger partial charge in [0.2, 0.25) is 0 Å². The largest absolute Gasteiger partial charge is 0.487 e. The van der Waals surface area contributed by atoms with Crippen LogP contribution in [0.4, 0.5) is 0 Å². The van der Waals surface area contributed by atoms with Crippen molar-refractivity contribution in [1.29, 1.82) is 0 Å². The molecule has 2 rings (SSSR count). The zero-order valence-electron chi connectivity index (χ0n) is 10.6. The Morgan fingerprint density at radius 2 is 2.00 bits per heavy atom. The van der Waals surface area contributed by atoms with Gasteiger partial charge in [0.15, 0.2) is 0 Å². The molecule has 4 heteroatoms. The molecule has 2 nitrogen and oxygen atoms in total. The molecule has 0 heterocycles. The van der Waals surface area contributed by atoms with E-state index in [-0.39, 0.29) is 0 Å². The Morgan fingerprint density at radius 1 is 1.21 bits per heavy atom. The summed E-state index contributed by atoms with van der Waals surface area (Å²) in [5.74, 6) is 0.704. The number of hydrogen-bond acceptors (Lipinski definition) is 2. The van der Waals surface area contributed by atoms with E-state index in [4.69, 9.17) is 16.3 Å². The Kier molecular flexibility index (Phi) is 5.25. The van der Waals surface area contributed by atoms with Gasteiger partial charge in [0, 0.05) is 16.6 Å². The molecule has 0 radical (unpaired) electrons. The fourth-order valence-electron chi connectivity index (χ4n) is 1.74. The van der Waals surface area contributed by atoms with Crippen molar-refractivity contribution in [3.63, 3.8) is 0 Å². The summed E-state index contributed by atoms with van der Waals surface area (Å²) in [6.45, 7) is 1.34. The summed E-state index contributed by atoms with van der Waals surface area (Å²) in [5, 5.41) is 3.76. The summed E-state index contributed by atoms with van der Waals surface area (Å²) in [4.78, 5) is 0. The van der Waals surface area contributed by atoms with Crippen molar-refractivity contribution >= 4 is 27.5 Å². The molecule has 100 valence electrons. The Bertz CT molecular complexity index is 560. The zero-order chi connectivity index (χ0) is 13.7. The molecule has 0 aromatic heterocycles. The number of nitrogens with one attached hydrogen (secondary N) is 1. The fourth-order valence-corrected chi connectivity index (χ4v) is 2.47. The highest BCUT2D eigenvalue weighted by Gasteiger charge is 2.04. The maximum Gasteiger partial charge on any atom is 0.138 e. The van der Waals surface area contributed by atoms with E-state index in [9.17, 15) is 0 Å². The topological polar surface area (TPSA) is 21.3 Å². The Labute approximate surface area is 126 Å². The molecule has 2 aromatic rings. The summed E-state index contributed by atoms with van der Waals surface area (Å²) in [6.07, 6.45) is 0. The predicted molar refractivity (Wildman–Crippen MR) is 82.7 cm³/mol. The van der Waals surface area contributed by atoms with E-state index in [0.717, 1.165) is 16.6 Å². The second-order valence-corrected chi connectivity index (χ2v) is 5.44. The molecule has 19 heavy (non-hydrogen) atoms. The SMILES string of the molecule is CNCc1ccc(COc2ccccc2Cl)c(Br)c1. The van der Waals surface area contributed by atoms with Gasteiger partial charge in [-0.15, -0.1) is 0 Å². The first-order valence-corrected chi connectivity index (χ1v) is 7.17. The molecule has 0 bridgehead atoms. The fraction of sp³-hybridized carbons (Fsp3) is 0.200. The van der Waals surface area contributed by atoms with Crippen LogP contribution in [0.1, 0.15) is 11.1 Å². The molecule has 0 aliphatic heterocycles. The minimum Gasteiger partial charge on any atom is -0.487 e. The lowest BCUT2D eigenvalue weighted by molar-refractivity contribution is 0.305. The van der Waals surface area contributed by atoms with Crippen LogP contribution in [0.5, 0.6) is 5.75 Å². The smallest absolute Gasteiger partial charge is 0.138 e. The van der Waals surface area contributed by atoms with Crippen molar-refractivity contribution in [1.82, 2.24) is 5.32 Å².